The fourth-order valence-electron chi connectivity index (χ4n) is 17.6. The van der Waals surface area contributed by atoms with Crippen LogP contribution in [-0.2, 0) is 10.8 Å². The average molecular weight is 1330 g/mol. The SMILES string of the molecule is Cc1cc(-c2cc(C)c(N(c3ccc(-c4ccc5c(c4)C(c4ccccc4)(c4ccccc4)c4ccccc4-5)cc3)c3ccccc3-c3ccccc3)c(C)c2)cc(C)c1N(c1ccc(-c2ccc3c(c2)C(c2ccccc2)(c2ccccc2)c2ccccc2-3)cc1)c1ccccc1-c1ccccc1. The molecule has 0 radical (unpaired) electrons. The Hall–Kier alpha value is -12.9. The molecule has 0 atom stereocenters. The van der Waals surface area contributed by atoms with Crippen LogP contribution in [0.25, 0.3) is 77.9 Å². The molecule has 104 heavy (non-hydrogen) atoms. The molecule has 0 saturated heterocycles. The number of fused-ring (bicyclic) bond motifs is 6. The summed E-state index contributed by atoms with van der Waals surface area (Å²) in [5, 5.41) is 0. The summed E-state index contributed by atoms with van der Waals surface area (Å²) in [7, 11) is 0. The van der Waals surface area contributed by atoms with E-state index in [1.165, 1.54) is 122 Å². The Bertz CT molecular complexity index is 5370. The van der Waals surface area contributed by atoms with Gasteiger partial charge < -0.3 is 9.80 Å². The lowest BCUT2D eigenvalue weighted by Crippen LogP contribution is -2.28. The second-order valence-electron chi connectivity index (χ2n) is 28.0. The zero-order valence-electron chi connectivity index (χ0n) is 58.8. The van der Waals surface area contributed by atoms with Crippen molar-refractivity contribution in [3.63, 3.8) is 0 Å². The van der Waals surface area contributed by atoms with Gasteiger partial charge in [0.1, 0.15) is 0 Å². The van der Waals surface area contributed by atoms with E-state index in [-0.39, 0.29) is 0 Å². The van der Waals surface area contributed by atoms with Crippen molar-refractivity contribution in [3.05, 3.63) is 455 Å². The van der Waals surface area contributed by atoms with Gasteiger partial charge in [0.25, 0.3) is 0 Å². The molecule has 18 rings (SSSR count). The van der Waals surface area contributed by atoms with Gasteiger partial charge in [-0.2, -0.15) is 0 Å². The van der Waals surface area contributed by atoms with Crippen LogP contribution in [0.15, 0.2) is 388 Å². The molecule has 0 aliphatic heterocycles. The first-order valence-corrected chi connectivity index (χ1v) is 36.3. The molecule has 0 unspecified atom stereocenters. The molecular formula is C102H76N2. The molecule has 0 saturated carbocycles. The molecule has 16 aromatic carbocycles. The second kappa shape index (κ2) is 26.3. The number of anilines is 6. The van der Waals surface area contributed by atoms with Gasteiger partial charge in [-0.15, -0.1) is 0 Å². The number of para-hydroxylation sites is 2. The smallest absolute Gasteiger partial charge is 0.0713 e. The lowest BCUT2D eigenvalue weighted by Gasteiger charge is -2.34. The first-order chi connectivity index (χ1) is 51.2. The van der Waals surface area contributed by atoms with E-state index in [1.54, 1.807) is 0 Å². The minimum Gasteiger partial charge on any atom is -0.309 e. The molecule has 2 heteroatoms. The summed E-state index contributed by atoms with van der Waals surface area (Å²) in [6.07, 6.45) is 0. The quantitative estimate of drug-likeness (QED) is 0.101. The summed E-state index contributed by atoms with van der Waals surface area (Å²) < 4.78 is 0. The van der Waals surface area contributed by atoms with Gasteiger partial charge in [-0.1, -0.05) is 315 Å². The minimum absolute atomic E-state index is 0.492. The fourth-order valence-corrected chi connectivity index (χ4v) is 17.6. The molecule has 2 aliphatic rings. The standard InChI is InChI=1S/C102H76N2/c1-69-63-79(64-70(2)99(69)103(97-49-29-25-43-87(97)75-31-11-5-12-32-75)85-57-51-73(52-58-85)77-55-61-91-89-45-23-27-47-93(89)101(95(91)67-77,81-35-15-7-16-36-81)82-37-17-8-18-38-82)80-65-71(3)100(72(4)66-80)104(98-50-30-26-44-88(98)76-33-13-6-14-34-76)86-59-53-74(54-60-86)78-56-62-92-90-46-24-28-48-94(90)102(96(92)68-78,83-39-19-9-20-40-83)84-41-21-10-22-42-84/h5-68H,1-4H3. The highest BCUT2D eigenvalue weighted by Gasteiger charge is 2.48. The third kappa shape index (κ3) is 10.5. The summed E-state index contributed by atoms with van der Waals surface area (Å²) in [5.74, 6) is 0. The Labute approximate surface area is 611 Å². The Morgan fingerprint density at radius 1 is 0.183 bits per heavy atom. The maximum absolute atomic E-state index is 2.49. The monoisotopic (exact) mass is 1330 g/mol. The van der Waals surface area contributed by atoms with Gasteiger partial charge in [-0.05, 0) is 234 Å². The van der Waals surface area contributed by atoms with Gasteiger partial charge in [-0.3, -0.25) is 0 Å². The lowest BCUT2D eigenvalue weighted by atomic mass is 9.67. The molecule has 2 aliphatic carbocycles. The van der Waals surface area contributed by atoms with E-state index in [9.17, 15) is 0 Å². The summed E-state index contributed by atoms with van der Waals surface area (Å²) in [6.45, 7) is 9.16. The normalized spacial score (nSPS) is 12.8. The first-order valence-electron chi connectivity index (χ1n) is 36.3. The number of aryl methyl sites for hydroxylation is 4. The predicted molar refractivity (Wildman–Crippen MR) is 437 cm³/mol. The molecule has 0 amide bonds. The Morgan fingerprint density at radius 2 is 0.442 bits per heavy atom. The van der Waals surface area contributed by atoms with Crippen LogP contribution in [0.1, 0.15) is 66.8 Å². The molecule has 0 N–H and O–H groups in total. The highest BCUT2D eigenvalue weighted by atomic mass is 15.2. The Balaban J connectivity index is 0.725. The average Bonchev–Trinajstić information content (AvgIpc) is 1.54. The van der Waals surface area contributed by atoms with Gasteiger partial charge in [0, 0.05) is 22.5 Å². The molecule has 0 heterocycles. The van der Waals surface area contributed by atoms with Crippen molar-refractivity contribution < 1.29 is 0 Å². The second-order valence-corrected chi connectivity index (χ2v) is 28.0. The van der Waals surface area contributed by atoms with E-state index in [1.807, 2.05) is 0 Å². The molecule has 0 bridgehead atoms. The van der Waals surface area contributed by atoms with Crippen LogP contribution in [0.4, 0.5) is 34.1 Å². The number of benzene rings is 16. The zero-order chi connectivity index (χ0) is 69.9. The molecule has 0 fully saturated rings. The lowest BCUT2D eigenvalue weighted by molar-refractivity contribution is 0.769. The Morgan fingerprint density at radius 3 is 0.769 bits per heavy atom. The van der Waals surface area contributed by atoms with Crippen LogP contribution in [0.3, 0.4) is 0 Å². The van der Waals surface area contributed by atoms with Crippen molar-refractivity contribution in [2.45, 2.75) is 38.5 Å². The summed E-state index contributed by atoms with van der Waals surface area (Å²) in [6, 6.07) is 144. The van der Waals surface area contributed by atoms with E-state index < -0.39 is 10.8 Å². The van der Waals surface area contributed by atoms with Crippen molar-refractivity contribution in [2.75, 3.05) is 9.80 Å². The van der Waals surface area contributed by atoms with E-state index >= 15 is 0 Å². The van der Waals surface area contributed by atoms with E-state index in [2.05, 4.69) is 426 Å². The van der Waals surface area contributed by atoms with Crippen molar-refractivity contribution in [1.29, 1.82) is 0 Å². The Kier molecular flexibility index (Phi) is 16.0. The van der Waals surface area contributed by atoms with Gasteiger partial charge >= 0.3 is 0 Å². The van der Waals surface area contributed by atoms with Crippen LogP contribution < -0.4 is 9.80 Å². The van der Waals surface area contributed by atoms with Gasteiger partial charge in [0.05, 0.1) is 33.6 Å². The van der Waals surface area contributed by atoms with Crippen molar-refractivity contribution in [1.82, 2.24) is 0 Å². The van der Waals surface area contributed by atoms with Crippen LogP contribution in [-0.4, -0.2) is 0 Å². The largest absolute Gasteiger partial charge is 0.309 e. The van der Waals surface area contributed by atoms with Crippen molar-refractivity contribution >= 4 is 34.1 Å². The summed E-state index contributed by atoms with van der Waals surface area (Å²) >= 11 is 0. The molecule has 16 aromatic rings. The molecule has 2 nitrogen and oxygen atoms in total. The van der Waals surface area contributed by atoms with Gasteiger partial charge in [0.15, 0.2) is 0 Å². The van der Waals surface area contributed by atoms with E-state index in [0.717, 1.165) is 56.4 Å². The third-order valence-corrected chi connectivity index (χ3v) is 22.1. The van der Waals surface area contributed by atoms with E-state index in [4.69, 9.17) is 0 Å². The molecular weight excluding hydrogens is 1250 g/mol. The van der Waals surface area contributed by atoms with Gasteiger partial charge in [-0.25, -0.2) is 0 Å². The molecule has 0 spiro atoms. The van der Waals surface area contributed by atoms with Gasteiger partial charge in [0.2, 0.25) is 0 Å². The number of nitrogens with zero attached hydrogens (tertiary/aromatic N) is 2. The first kappa shape index (κ1) is 63.3. The molecule has 494 valence electrons. The number of hydrogen-bond donors (Lipinski definition) is 0. The maximum Gasteiger partial charge on any atom is 0.0713 e. The maximum atomic E-state index is 2.49. The van der Waals surface area contributed by atoms with E-state index in [0.29, 0.717) is 0 Å². The zero-order valence-corrected chi connectivity index (χ0v) is 58.8. The highest BCUT2D eigenvalue weighted by molar-refractivity contribution is 5.96. The minimum atomic E-state index is -0.492. The molecule has 0 aromatic heterocycles. The van der Waals surface area contributed by atoms with Crippen molar-refractivity contribution in [2.24, 2.45) is 0 Å². The van der Waals surface area contributed by atoms with Crippen LogP contribution in [0, 0.1) is 27.7 Å². The summed E-state index contributed by atoms with van der Waals surface area (Å²) in [4.78, 5) is 4.99. The number of hydrogen-bond acceptors (Lipinski definition) is 2. The fraction of sp³-hybridized carbons (Fsp3) is 0.0588. The topological polar surface area (TPSA) is 6.48 Å². The van der Waals surface area contributed by atoms with Crippen molar-refractivity contribution in [3.8, 4) is 77.9 Å². The third-order valence-electron chi connectivity index (χ3n) is 22.1. The van der Waals surface area contributed by atoms with Crippen LogP contribution in [0.5, 0.6) is 0 Å². The predicted octanol–water partition coefficient (Wildman–Crippen LogP) is 26.9. The number of rotatable bonds is 15. The van der Waals surface area contributed by atoms with Crippen LogP contribution >= 0.6 is 0 Å². The van der Waals surface area contributed by atoms with Crippen LogP contribution in [0.2, 0.25) is 0 Å². The highest BCUT2D eigenvalue weighted by Crippen LogP contribution is 2.59. The summed E-state index contributed by atoms with van der Waals surface area (Å²) in [5.41, 5.74) is 37.5.